The molecular weight excluding hydrogens is 267 g/mol. The van der Waals surface area contributed by atoms with Crippen molar-refractivity contribution in [3.05, 3.63) is 76.8 Å². The van der Waals surface area contributed by atoms with E-state index in [0.717, 1.165) is 10.9 Å². The molecule has 2 aromatic carbocycles. The Morgan fingerprint density at radius 3 is 2.57 bits per heavy atom. The smallest absolute Gasteiger partial charge is 0.251 e. The van der Waals surface area contributed by atoms with Gasteiger partial charge in [0.2, 0.25) is 0 Å². The second-order valence-corrected chi connectivity index (χ2v) is 4.79. The van der Waals surface area contributed by atoms with E-state index in [9.17, 15) is 9.18 Å². The largest absolute Gasteiger partial charge is 0.381 e. The highest BCUT2D eigenvalue weighted by atomic mass is 19.1. The summed E-state index contributed by atoms with van der Waals surface area (Å²) in [4.78, 5) is 12.0. The lowest BCUT2D eigenvalue weighted by atomic mass is 10.2. The van der Waals surface area contributed by atoms with Gasteiger partial charge in [-0.05, 0) is 29.7 Å². The Hall–Kier alpha value is -2.62. The first-order valence-electron chi connectivity index (χ1n) is 6.83. The highest BCUT2D eigenvalue weighted by molar-refractivity contribution is 5.78. The molecule has 1 heterocycles. The van der Waals surface area contributed by atoms with Crippen molar-refractivity contribution in [2.75, 3.05) is 11.9 Å². The molecule has 4 heteroatoms. The summed E-state index contributed by atoms with van der Waals surface area (Å²) in [5.74, 6) is -0.289. The second-order valence-electron chi connectivity index (χ2n) is 4.79. The van der Waals surface area contributed by atoms with Crippen LogP contribution in [0.25, 0.3) is 10.9 Å². The number of hydrogen-bond donors (Lipinski definition) is 1. The topological polar surface area (TPSA) is 34.0 Å². The van der Waals surface area contributed by atoms with Crippen LogP contribution in [0.4, 0.5) is 10.1 Å². The molecule has 106 valence electrons. The fraction of sp³-hybridized carbons (Fsp3) is 0.118. The average molecular weight is 282 g/mol. The standard InChI is InChI=1S/C17H15FN2O/c18-14-6-2-3-7-15(14)19-11-12-20-16-8-4-1-5-13(16)9-10-17(20)21/h1-10,19H,11-12H2. The van der Waals surface area contributed by atoms with Gasteiger partial charge in [0.25, 0.3) is 5.56 Å². The van der Waals surface area contributed by atoms with Crippen molar-refractivity contribution < 1.29 is 4.39 Å². The number of pyridine rings is 1. The number of para-hydroxylation sites is 2. The number of anilines is 1. The van der Waals surface area contributed by atoms with Crippen LogP contribution in [0, 0.1) is 5.82 Å². The van der Waals surface area contributed by atoms with Gasteiger partial charge in [-0.3, -0.25) is 4.79 Å². The molecule has 0 aliphatic heterocycles. The van der Waals surface area contributed by atoms with Crippen LogP contribution in [0.3, 0.4) is 0 Å². The van der Waals surface area contributed by atoms with Crippen LogP contribution >= 0.6 is 0 Å². The van der Waals surface area contributed by atoms with E-state index in [4.69, 9.17) is 0 Å². The molecule has 3 rings (SSSR count). The molecule has 0 unspecified atom stereocenters. The van der Waals surface area contributed by atoms with Crippen LogP contribution in [-0.4, -0.2) is 11.1 Å². The predicted molar refractivity (Wildman–Crippen MR) is 83.1 cm³/mol. The molecule has 0 spiro atoms. The molecule has 0 bridgehead atoms. The first-order valence-corrected chi connectivity index (χ1v) is 6.83. The predicted octanol–water partition coefficient (Wildman–Crippen LogP) is 3.25. The van der Waals surface area contributed by atoms with Crippen molar-refractivity contribution in [2.24, 2.45) is 0 Å². The van der Waals surface area contributed by atoms with E-state index in [1.165, 1.54) is 6.07 Å². The summed E-state index contributed by atoms with van der Waals surface area (Å²) in [5.41, 5.74) is 1.29. The fourth-order valence-electron chi connectivity index (χ4n) is 2.38. The van der Waals surface area contributed by atoms with Crippen LogP contribution < -0.4 is 10.9 Å². The third-order valence-electron chi connectivity index (χ3n) is 3.42. The van der Waals surface area contributed by atoms with Crippen LogP contribution in [0.2, 0.25) is 0 Å². The summed E-state index contributed by atoms with van der Waals surface area (Å²) in [7, 11) is 0. The Kier molecular flexibility index (Phi) is 3.69. The second kappa shape index (κ2) is 5.79. The monoisotopic (exact) mass is 282 g/mol. The zero-order valence-electron chi connectivity index (χ0n) is 11.4. The number of nitrogens with zero attached hydrogens (tertiary/aromatic N) is 1. The van der Waals surface area contributed by atoms with Crippen molar-refractivity contribution in [1.82, 2.24) is 4.57 Å². The molecule has 0 saturated carbocycles. The molecule has 1 aromatic heterocycles. The van der Waals surface area contributed by atoms with Crippen molar-refractivity contribution in [2.45, 2.75) is 6.54 Å². The van der Waals surface area contributed by atoms with Gasteiger partial charge in [0, 0.05) is 19.2 Å². The molecule has 0 atom stereocenters. The van der Waals surface area contributed by atoms with Crippen LogP contribution in [0.1, 0.15) is 0 Å². The fourth-order valence-corrected chi connectivity index (χ4v) is 2.38. The van der Waals surface area contributed by atoms with Gasteiger partial charge < -0.3 is 9.88 Å². The Morgan fingerprint density at radius 2 is 1.71 bits per heavy atom. The summed E-state index contributed by atoms with van der Waals surface area (Å²) in [5, 5.41) is 4.04. The highest BCUT2D eigenvalue weighted by Gasteiger charge is 2.03. The Bertz CT molecular complexity index is 826. The lowest BCUT2D eigenvalue weighted by molar-refractivity contribution is 0.628. The molecule has 0 aliphatic rings. The normalized spacial score (nSPS) is 10.7. The zero-order valence-corrected chi connectivity index (χ0v) is 11.4. The zero-order chi connectivity index (χ0) is 14.7. The number of rotatable bonds is 4. The molecule has 0 radical (unpaired) electrons. The molecule has 0 fully saturated rings. The third kappa shape index (κ3) is 2.79. The number of halogens is 1. The molecular formula is C17H15FN2O. The lowest BCUT2D eigenvalue weighted by Gasteiger charge is -2.11. The first kappa shape index (κ1) is 13.4. The minimum absolute atomic E-state index is 0.0518. The maximum atomic E-state index is 13.5. The SMILES string of the molecule is O=c1ccc2ccccc2n1CCNc1ccccc1F. The summed E-state index contributed by atoms with van der Waals surface area (Å²) in [6.45, 7) is 0.962. The van der Waals surface area contributed by atoms with Gasteiger partial charge in [0.05, 0.1) is 11.2 Å². The Balaban J connectivity index is 1.81. The number of aromatic nitrogens is 1. The van der Waals surface area contributed by atoms with E-state index in [0.29, 0.717) is 18.8 Å². The molecule has 0 amide bonds. The van der Waals surface area contributed by atoms with Gasteiger partial charge in [-0.2, -0.15) is 0 Å². The van der Waals surface area contributed by atoms with Gasteiger partial charge in [-0.15, -0.1) is 0 Å². The summed E-state index contributed by atoms with van der Waals surface area (Å²) >= 11 is 0. The maximum absolute atomic E-state index is 13.5. The quantitative estimate of drug-likeness (QED) is 0.797. The molecule has 3 nitrogen and oxygen atoms in total. The van der Waals surface area contributed by atoms with Crippen molar-refractivity contribution in [3.8, 4) is 0 Å². The minimum atomic E-state index is -0.289. The van der Waals surface area contributed by atoms with E-state index < -0.39 is 0 Å². The van der Waals surface area contributed by atoms with Gasteiger partial charge in [-0.25, -0.2) is 4.39 Å². The molecule has 21 heavy (non-hydrogen) atoms. The lowest BCUT2D eigenvalue weighted by Crippen LogP contribution is -2.23. The van der Waals surface area contributed by atoms with Gasteiger partial charge >= 0.3 is 0 Å². The van der Waals surface area contributed by atoms with Crippen molar-refractivity contribution >= 4 is 16.6 Å². The van der Waals surface area contributed by atoms with Gasteiger partial charge in [0.1, 0.15) is 5.82 Å². The molecule has 3 aromatic rings. The highest BCUT2D eigenvalue weighted by Crippen LogP contribution is 2.13. The number of hydrogen-bond acceptors (Lipinski definition) is 2. The van der Waals surface area contributed by atoms with Gasteiger partial charge in [-0.1, -0.05) is 30.3 Å². The number of benzene rings is 2. The van der Waals surface area contributed by atoms with E-state index in [-0.39, 0.29) is 11.4 Å². The van der Waals surface area contributed by atoms with Crippen molar-refractivity contribution in [3.63, 3.8) is 0 Å². The molecule has 0 saturated heterocycles. The average Bonchev–Trinajstić information content (AvgIpc) is 2.51. The first-order chi connectivity index (χ1) is 10.3. The van der Waals surface area contributed by atoms with Crippen molar-refractivity contribution in [1.29, 1.82) is 0 Å². The van der Waals surface area contributed by atoms with E-state index in [1.54, 1.807) is 28.8 Å². The van der Waals surface area contributed by atoms with Crippen LogP contribution in [0.15, 0.2) is 65.5 Å². The molecule has 0 aliphatic carbocycles. The third-order valence-corrected chi connectivity index (χ3v) is 3.42. The summed E-state index contributed by atoms with van der Waals surface area (Å²) in [6.07, 6.45) is 0. The summed E-state index contributed by atoms with van der Waals surface area (Å²) < 4.78 is 15.2. The Labute approximate surface area is 121 Å². The number of nitrogens with one attached hydrogen (secondary N) is 1. The molecule has 1 N–H and O–H groups in total. The van der Waals surface area contributed by atoms with E-state index in [1.807, 2.05) is 30.3 Å². The number of fused-ring (bicyclic) bond motifs is 1. The Morgan fingerprint density at radius 1 is 0.952 bits per heavy atom. The minimum Gasteiger partial charge on any atom is -0.381 e. The van der Waals surface area contributed by atoms with Crippen LogP contribution in [0.5, 0.6) is 0 Å². The van der Waals surface area contributed by atoms with Gasteiger partial charge in [0.15, 0.2) is 0 Å². The van der Waals surface area contributed by atoms with E-state index in [2.05, 4.69) is 5.32 Å². The maximum Gasteiger partial charge on any atom is 0.251 e. The van der Waals surface area contributed by atoms with E-state index >= 15 is 0 Å². The van der Waals surface area contributed by atoms with Crippen LogP contribution in [-0.2, 0) is 6.54 Å². The summed E-state index contributed by atoms with van der Waals surface area (Å²) in [6, 6.07) is 17.6.